The summed E-state index contributed by atoms with van der Waals surface area (Å²) in [6.45, 7) is 0.506. The Balaban J connectivity index is 2.05. The van der Waals surface area contributed by atoms with E-state index in [1.54, 1.807) is 11.9 Å². The number of ether oxygens (including phenoxy) is 1. The van der Waals surface area contributed by atoms with E-state index in [1.165, 1.54) is 36.4 Å². The topological polar surface area (TPSA) is 98.8 Å². The second kappa shape index (κ2) is 7.36. The van der Waals surface area contributed by atoms with Crippen LogP contribution in [-0.4, -0.2) is 30.0 Å². The number of benzene rings is 2. The molecule has 0 N–H and O–H groups in total. The lowest BCUT2D eigenvalue weighted by atomic mass is 10.2. The third-order valence-corrected chi connectivity index (χ3v) is 3.29. The number of likely N-dealkylation sites (N-methyl/N-ethyl adjacent to an activating group) is 1. The van der Waals surface area contributed by atoms with Gasteiger partial charge in [-0.1, -0.05) is 0 Å². The van der Waals surface area contributed by atoms with Crippen LogP contribution in [0.25, 0.3) is 0 Å². The summed E-state index contributed by atoms with van der Waals surface area (Å²) in [6, 6.07) is 8.94. The zero-order valence-electron chi connectivity index (χ0n) is 12.7. The summed E-state index contributed by atoms with van der Waals surface area (Å²) in [5.41, 5.74) is -0.455. The molecule has 0 saturated carbocycles. The highest BCUT2D eigenvalue weighted by atomic mass is 19.1. The summed E-state index contributed by atoms with van der Waals surface area (Å²) < 4.78 is 18.2. The van der Waals surface area contributed by atoms with Gasteiger partial charge in [-0.3, -0.25) is 20.2 Å². The molecular weight excluding hydrogens is 321 g/mol. The van der Waals surface area contributed by atoms with Crippen LogP contribution in [0, 0.1) is 26.0 Å². The van der Waals surface area contributed by atoms with Gasteiger partial charge in [-0.15, -0.1) is 0 Å². The van der Waals surface area contributed by atoms with E-state index in [0.29, 0.717) is 12.3 Å². The largest absolute Gasteiger partial charge is 0.492 e. The van der Waals surface area contributed by atoms with E-state index in [4.69, 9.17) is 4.74 Å². The first kappa shape index (κ1) is 17.1. The average molecular weight is 335 g/mol. The van der Waals surface area contributed by atoms with Gasteiger partial charge in [0.2, 0.25) is 0 Å². The minimum Gasteiger partial charge on any atom is -0.492 e. The van der Waals surface area contributed by atoms with Crippen LogP contribution in [0.4, 0.5) is 21.5 Å². The van der Waals surface area contributed by atoms with Gasteiger partial charge in [0.25, 0.3) is 11.4 Å². The number of halogens is 1. The SMILES string of the molecule is CN(CCOc1ccc(F)cc1)c1ccc([N+](=O)[O-])cc1[N+](=O)[O-]. The predicted molar refractivity (Wildman–Crippen MR) is 84.9 cm³/mol. The van der Waals surface area contributed by atoms with Crippen LogP contribution in [-0.2, 0) is 0 Å². The molecule has 2 aromatic carbocycles. The number of non-ortho nitro benzene ring substituents is 1. The molecule has 24 heavy (non-hydrogen) atoms. The van der Waals surface area contributed by atoms with E-state index in [-0.39, 0.29) is 29.5 Å². The normalized spacial score (nSPS) is 10.2. The van der Waals surface area contributed by atoms with Crippen LogP contribution in [0.5, 0.6) is 5.75 Å². The molecule has 126 valence electrons. The van der Waals surface area contributed by atoms with Gasteiger partial charge in [0, 0.05) is 13.1 Å². The Morgan fingerprint density at radius 2 is 1.75 bits per heavy atom. The summed E-state index contributed by atoms with van der Waals surface area (Å²) in [7, 11) is 1.61. The van der Waals surface area contributed by atoms with Crippen molar-refractivity contribution in [1.82, 2.24) is 0 Å². The van der Waals surface area contributed by atoms with Crippen LogP contribution in [0.2, 0.25) is 0 Å². The second-order valence-electron chi connectivity index (χ2n) is 4.91. The van der Waals surface area contributed by atoms with E-state index < -0.39 is 9.85 Å². The van der Waals surface area contributed by atoms with Crippen LogP contribution in [0.15, 0.2) is 42.5 Å². The molecule has 0 radical (unpaired) electrons. The Kier molecular flexibility index (Phi) is 5.25. The minimum absolute atomic E-state index is 0.205. The molecule has 0 aliphatic heterocycles. The molecule has 0 bridgehead atoms. The Labute approximate surface area is 136 Å². The number of nitrogens with zero attached hydrogens (tertiary/aromatic N) is 3. The highest BCUT2D eigenvalue weighted by Crippen LogP contribution is 2.31. The first-order valence-corrected chi connectivity index (χ1v) is 6.91. The third kappa shape index (κ3) is 4.15. The van der Waals surface area contributed by atoms with Crippen molar-refractivity contribution in [2.24, 2.45) is 0 Å². The van der Waals surface area contributed by atoms with Gasteiger partial charge in [0.1, 0.15) is 23.9 Å². The standard InChI is InChI=1S/C15H14FN3O5/c1-17(8-9-24-13-5-2-11(16)3-6-13)14-7-4-12(18(20)21)10-15(14)19(22)23/h2-7,10H,8-9H2,1H3. The Bertz CT molecular complexity index is 751. The van der Waals surface area contributed by atoms with Crippen molar-refractivity contribution in [3.8, 4) is 5.75 Å². The molecule has 0 fully saturated rings. The predicted octanol–water partition coefficient (Wildman–Crippen LogP) is 3.16. The van der Waals surface area contributed by atoms with Gasteiger partial charge in [0.05, 0.1) is 22.5 Å². The van der Waals surface area contributed by atoms with Crippen LogP contribution in [0.3, 0.4) is 0 Å². The molecule has 0 unspecified atom stereocenters. The number of anilines is 1. The molecule has 2 aromatic rings. The summed E-state index contributed by atoms with van der Waals surface area (Å²) in [6.07, 6.45) is 0. The molecular formula is C15H14FN3O5. The number of nitro benzene ring substituents is 2. The van der Waals surface area contributed by atoms with Crippen molar-refractivity contribution in [2.45, 2.75) is 0 Å². The second-order valence-corrected chi connectivity index (χ2v) is 4.91. The molecule has 2 rings (SSSR count). The van der Waals surface area contributed by atoms with Gasteiger partial charge in [-0.25, -0.2) is 4.39 Å². The van der Waals surface area contributed by atoms with Crippen LogP contribution >= 0.6 is 0 Å². The summed E-state index contributed by atoms with van der Waals surface area (Å²) >= 11 is 0. The van der Waals surface area contributed by atoms with E-state index in [0.717, 1.165) is 6.07 Å². The van der Waals surface area contributed by atoms with Crippen molar-refractivity contribution >= 4 is 17.1 Å². The zero-order valence-corrected chi connectivity index (χ0v) is 12.7. The molecule has 0 amide bonds. The Hall–Kier alpha value is -3.23. The molecule has 0 aliphatic rings. The Morgan fingerprint density at radius 1 is 1.08 bits per heavy atom. The fourth-order valence-corrected chi connectivity index (χ4v) is 2.05. The van der Waals surface area contributed by atoms with Gasteiger partial charge < -0.3 is 9.64 Å². The number of rotatable bonds is 7. The summed E-state index contributed by atoms with van der Waals surface area (Å²) in [4.78, 5) is 22.1. The van der Waals surface area contributed by atoms with Gasteiger partial charge in [-0.2, -0.15) is 0 Å². The fourth-order valence-electron chi connectivity index (χ4n) is 2.05. The number of nitro groups is 2. The maximum Gasteiger partial charge on any atom is 0.299 e. The fraction of sp³-hybridized carbons (Fsp3) is 0.200. The van der Waals surface area contributed by atoms with Gasteiger partial charge in [0.15, 0.2) is 0 Å². The van der Waals surface area contributed by atoms with Crippen molar-refractivity contribution in [2.75, 3.05) is 25.1 Å². The van der Waals surface area contributed by atoms with Crippen molar-refractivity contribution < 1.29 is 19.0 Å². The molecule has 0 atom stereocenters. The maximum absolute atomic E-state index is 12.8. The average Bonchev–Trinajstić information content (AvgIpc) is 2.55. The van der Waals surface area contributed by atoms with Crippen LogP contribution in [0.1, 0.15) is 0 Å². The van der Waals surface area contributed by atoms with Crippen molar-refractivity contribution in [3.05, 3.63) is 68.5 Å². The smallest absolute Gasteiger partial charge is 0.299 e. The van der Waals surface area contributed by atoms with Crippen molar-refractivity contribution in [3.63, 3.8) is 0 Å². The third-order valence-electron chi connectivity index (χ3n) is 3.29. The number of hydrogen-bond donors (Lipinski definition) is 0. The minimum atomic E-state index is -0.686. The zero-order chi connectivity index (χ0) is 17.7. The van der Waals surface area contributed by atoms with E-state index in [9.17, 15) is 24.6 Å². The Morgan fingerprint density at radius 3 is 2.33 bits per heavy atom. The lowest BCUT2D eigenvalue weighted by Crippen LogP contribution is -2.24. The highest BCUT2D eigenvalue weighted by molar-refractivity contribution is 5.66. The molecule has 8 nitrogen and oxygen atoms in total. The lowest BCUT2D eigenvalue weighted by Gasteiger charge is -2.19. The first-order chi connectivity index (χ1) is 11.4. The maximum atomic E-state index is 12.8. The van der Waals surface area contributed by atoms with Gasteiger partial charge in [-0.05, 0) is 30.3 Å². The molecule has 0 saturated heterocycles. The van der Waals surface area contributed by atoms with E-state index in [2.05, 4.69) is 0 Å². The molecule has 0 spiro atoms. The van der Waals surface area contributed by atoms with Crippen molar-refractivity contribution in [1.29, 1.82) is 0 Å². The highest BCUT2D eigenvalue weighted by Gasteiger charge is 2.21. The summed E-state index contributed by atoms with van der Waals surface area (Å²) in [5.74, 6) is 0.101. The molecule has 0 heterocycles. The monoisotopic (exact) mass is 335 g/mol. The lowest BCUT2D eigenvalue weighted by molar-refractivity contribution is -0.393. The quantitative estimate of drug-likeness (QED) is 0.569. The van der Waals surface area contributed by atoms with E-state index in [1.807, 2.05) is 0 Å². The molecule has 0 aliphatic carbocycles. The molecule has 9 heteroatoms. The van der Waals surface area contributed by atoms with E-state index >= 15 is 0 Å². The first-order valence-electron chi connectivity index (χ1n) is 6.91. The van der Waals surface area contributed by atoms with Crippen LogP contribution < -0.4 is 9.64 Å². The van der Waals surface area contributed by atoms with Gasteiger partial charge >= 0.3 is 0 Å². The molecule has 0 aromatic heterocycles. The number of hydrogen-bond acceptors (Lipinski definition) is 6. The summed E-state index contributed by atoms with van der Waals surface area (Å²) in [5, 5.41) is 21.9.